The molecule has 1 aromatic rings. The highest BCUT2D eigenvalue weighted by molar-refractivity contribution is 5.30. The van der Waals surface area contributed by atoms with Gasteiger partial charge in [0.05, 0.1) is 0 Å². The average Bonchev–Trinajstić information content (AvgIpc) is 3.06. The van der Waals surface area contributed by atoms with Crippen LogP contribution in [-0.4, -0.2) is 13.1 Å². The second kappa shape index (κ2) is 5.65. The van der Waals surface area contributed by atoms with Crippen LogP contribution in [0.3, 0.4) is 0 Å². The number of nitrogens with one attached hydrogen (secondary N) is 1. The van der Waals surface area contributed by atoms with Gasteiger partial charge in [-0.1, -0.05) is 42.2 Å². The van der Waals surface area contributed by atoms with E-state index in [0.29, 0.717) is 12.6 Å². The first kappa shape index (κ1) is 12.6. The van der Waals surface area contributed by atoms with Gasteiger partial charge in [-0.25, -0.2) is 0 Å². The van der Waals surface area contributed by atoms with Gasteiger partial charge in [0.1, 0.15) is 0 Å². The van der Waals surface area contributed by atoms with Crippen LogP contribution >= 0.6 is 0 Å². The van der Waals surface area contributed by atoms with Gasteiger partial charge in [-0.2, -0.15) is 0 Å². The van der Waals surface area contributed by atoms with Crippen LogP contribution in [0.15, 0.2) is 18.2 Å². The van der Waals surface area contributed by atoms with Gasteiger partial charge >= 0.3 is 0 Å². The Kier molecular flexibility index (Phi) is 4.19. The number of rotatable bonds is 6. The molecule has 0 saturated heterocycles. The summed E-state index contributed by atoms with van der Waals surface area (Å²) in [5.74, 6) is 0.986. The van der Waals surface area contributed by atoms with Crippen molar-refractivity contribution in [3.8, 4) is 0 Å². The molecule has 1 saturated carbocycles. The fourth-order valence-corrected chi connectivity index (χ4v) is 2.42. The molecule has 2 rings (SSSR count). The lowest BCUT2D eigenvalue weighted by Crippen LogP contribution is -2.29. The van der Waals surface area contributed by atoms with E-state index < -0.39 is 0 Å². The fourth-order valence-electron chi connectivity index (χ4n) is 2.42. The van der Waals surface area contributed by atoms with Gasteiger partial charge in [-0.05, 0) is 38.3 Å². The number of benzene rings is 1. The predicted octanol–water partition coefficient (Wildman–Crippen LogP) is 2.69. The first-order chi connectivity index (χ1) is 8.19. The minimum atomic E-state index is 0.312. The summed E-state index contributed by atoms with van der Waals surface area (Å²) in [6.07, 6.45) is 4.17. The van der Waals surface area contributed by atoms with Crippen molar-refractivity contribution in [2.45, 2.75) is 39.2 Å². The maximum absolute atomic E-state index is 5.87. The average molecular weight is 232 g/mol. The van der Waals surface area contributed by atoms with Gasteiger partial charge in [-0.3, -0.25) is 0 Å². The molecule has 0 bridgehead atoms. The van der Waals surface area contributed by atoms with Crippen LogP contribution < -0.4 is 11.1 Å². The molecule has 0 amide bonds. The zero-order valence-electron chi connectivity index (χ0n) is 11.0. The third kappa shape index (κ3) is 3.83. The Labute approximate surface area is 105 Å². The van der Waals surface area contributed by atoms with Crippen molar-refractivity contribution in [3.63, 3.8) is 0 Å². The van der Waals surface area contributed by atoms with E-state index in [0.717, 1.165) is 12.5 Å². The summed E-state index contributed by atoms with van der Waals surface area (Å²) in [5, 5.41) is 3.59. The second-order valence-corrected chi connectivity index (χ2v) is 5.40. The smallest absolute Gasteiger partial charge is 0.0444 e. The van der Waals surface area contributed by atoms with Crippen LogP contribution in [0.1, 0.15) is 42.0 Å². The van der Waals surface area contributed by atoms with Gasteiger partial charge in [0.15, 0.2) is 0 Å². The van der Waals surface area contributed by atoms with E-state index >= 15 is 0 Å². The van der Waals surface area contributed by atoms with Crippen molar-refractivity contribution in [2.24, 2.45) is 11.7 Å². The molecule has 3 N–H and O–H groups in total. The Bertz CT molecular complexity index is 349. The van der Waals surface area contributed by atoms with Gasteiger partial charge < -0.3 is 11.1 Å². The highest BCUT2D eigenvalue weighted by Crippen LogP contribution is 2.32. The first-order valence-electron chi connectivity index (χ1n) is 6.70. The van der Waals surface area contributed by atoms with Crippen LogP contribution in [0.2, 0.25) is 0 Å². The van der Waals surface area contributed by atoms with E-state index in [-0.39, 0.29) is 0 Å². The van der Waals surface area contributed by atoms with E-state index in [1.165, 1.54) is 36.0 Å². The maximum atomic E-state index is 5.87. The van der Waals surface area contributed by atoms with Gasteiger partial charge in [-0.15, -0.1) is 0 Å². The predicted molar refractivity (Wildman–Crippen MR) is 73.1 cm³/mol. The SMILES string of the molecule is Cc1cc(C)cc(C(CN)NCCC2CC2)c1. The molecule has 0 spiro atoms. The summed E-state index contributed by atoms with van der Waals surface area (Å²) in [6, 6.07) is 7.01. The fraction of sp³-hybridized carbons (Fsp3) is 0.600. The van der Waals surface area contributed by atoms with Crippen LogP contribution in [0, 0.1) is 19.8 Å². The molecule has 1 fully saturated rings. The minimum absolute atomic E-state index is 0.312. The highest BCUT2D eigenvalue weighted by atomic mass is 14.9. The summed E-state index contributed by atoms with van der Waals surface area (Å²) >= 11 is 0. The third-order valence-electron chi connectivity index (χ3n) is 3.52. The molecule has 1 aliphatic rings. The van der Waals surface area contributed by atoms with E-state index in [9.17, 15) is 0 Å². The van der Waals surface area contributed by atoms with Crippen LogP contribution in [0.25, 0.3) is 0 Å². The lowest BCUT2D eigenvalue weighted by atomic mass is 10.0. The summed E-state index contributed by atoms with van der Waals surface area (Å²) in [5.41, 5.74) is 9.85. The monoisotopic (exact) mass is 232 g/mol. The van der Waals surface area contributed by atoms with Crippen molar-refractivity contribution in [1.82, 2.24) is 5.32 Å². The van der Waals surface area contributed by atoms with Crippen molar-refractivity contribution in [2.75, 3.05) is 13.1 Å². The lowest BCUT2D eigenvalue weighted by molar-refractivity contribution is 0.516. The van der Waals surface area contributed by atoms with Crippen molar-refractivity contribution >= 4 is 0 Å². The molecule has 2 nitrogen and oxygen atoms in total. The molecular weight excluding hydrogens is 208 g/mol. The molecule has 0 radical (unpaired) electrons. The van der Waals surface area contributed by atoms with E-state index in [2.05, 4.69) is 37.4 Å². The Morgan fingerprint density at radius 3 is 2.41 bits per heavy atom. The zero-order chi connectivity index (χ0) is 12.3. The lowest BCUT2D eigenvalue weighted by Gasteiger charge is -2.18. The Morgan fingerprint density at radius 2 is 1.88 bits per heavy atom. The molecule has 0 heterocycles. The number of nitrogens with two attached hydrogens (primary N) is 1. The van der Waals surface area contributed by atoms with Crippen molar-refractivity contribution < 1.29 is 0 Å². The Balaban J connectivity index is 1.94. The molecule has 17 heavy (non-hydrogen) atoms. The van der Waals surface area contributed by atoms with Crippen LogP contribution in [-0.2, 0) is 0 Å². The van der Waals surface area contributed by atoms with Crippen LogP contribution in [0.5, 0.6) is 0 Å². The summed E-state index contributed by atoms with van der Waals surface area (Å²) < 4.78 is 0. The number of aryl methyl sites for hydroxylation is 2. The Hall–Kier alpha value is -0.860. The maximum Gasteiger partial charge on any atom is 0.0444 e. The Morgan fingerprint density at radius 1 is 1.24 bits per heavy atom. The molecule has 2 heteroatoms. The van der Waals surface area contributed by atoms with Crippen molar-refractivity contribution in [1.29, 1.82) is 0 Å². The van der Waals surface area contributed by atoms with Gasteiger partial charge in [0.25, 0.3) is 0 Å². The number of hydrogen-bond donors (Lipinski definition) is 2. The van der Waals surface area contributed by atoms with E-state index in [1.807, 2.05) is 0 Å². The number of hydrogen-bond acceptors (Lipinski definition) is 2. The zero-order valence-corrected chi connectivity index (χ0v) is 11.0. The molecule has 1 aliphatic carbocycles. The van der Waals surface area contributed by atoms with Gasteiger partial charge in [0.2, 0.25) is 0 Å². The van der Waals surface area contributed by atoms with E-state index in [4.69, 9.17) is 5.73 Å². The summed E-state index contributed by atoms with van der Waals surface area (Å²) in [6.45, 7) is 6.07. The molecule has 1 atom stereocenters. The molecule has 1 unspecified atom stereocenters. The quantitative estimate of drug-likeness (QED) is 0.791. The molecule has 94 valence electrons. The topological polar surface area (TPSA) is 38.0 Å². The molecule has 1 aromatic carbocycles. The van der Waals surface area contributed by atoms with Crippen LogP contribution in [0.4, 0.5) is 0 Å². The largest absolute Gasteiger partial charge is 0.329 e. The van der Waals surface area contributed by atoms with Gasteiger partial charge in [0, 0.05) is 12.6 Å². The summed E-state index contributed by atoms with van der Waals surface area (Å²) in [4.78, 5) is 0. The van der Waals surface area contributed by atoms with Crippen molar-refractivity contribution in [3.05, 3.63) is 34.9 Å². The van der Waals surface area contributed by atoms with E-state index in [1.54, 1.807) is 0 Å². The normalized spacial score (nSPS) is 17.1. The highest BCUT2D eigenvalue weighted by Gasteiger charge is 2.21. The summed E-state index contributed by atoms with van der Waals surface area (Å²) in [7, 11) is 0. The first-order valence-corrected chi connectivity index (χ1v) is 6.70. The second-order valence-electron chi connectivity index (χ2n) is 5.40. The third-order valence-corrected chi connectivity index (χ3v) is 3.52. The molecule has 0 aromatic heterocycles. The molecule has 0 aliphatic heterocycles. The standard InChI is InChI=1S/C15H24N2/c1-11-7-12(2)9-14(8-11)15(10-16)17-6-5-13-3-4-13/h7-9,13,15,17H,3-6,10,16H2,1-2H3. The molecular formula is C15H24N2. The minimum Gasteiger partial charge on any atom is -0.329 e.